The lowest BCUT2D eigenvalue weighted by molar-refractivity contribution is 0.375. The lowest BCUT2D eigenvalue weighted by atomic mass is 10.2. The van der Waals surface area contributed by atoms with E-state index in [0.717, 1.165) is 29.3 Å². The van der Waals surface area contributed by atoms with Crippen molar-refractivity contribution < 1.29 is 4.52 Å². The van der Waals surface area contributed by atoms with Crippen LogP contribution in [-0.2, 0) is 6.42 Å². The van der Waals surface area contributed by atoms with Crippen LogP contribution in [-0.4, -0.2) is 21.7 Å². The standard InChI is InChI=1S/C11H13BrN4O/c12-9-5-8(6-14-7-9)11-15-10(17-16-11)3-1-2-4-13/h5-7H,1-4,13H2. The molecule has 0 aromatic carbocycles. The van der Waals surface area contributed by atoms with E-state index in [4.69, 9.17) is 10.3 Å². The summed E-state index contributed by atoms with van der Waals surface area (Å²) in [5, 5.41) is 3.93. The average molecular weight is 297 g/mol. The summed E-state index contributed by atoms with van der Waals surface area (Å²) >= 11 is 3.35. The molecule has 0 bridgehead atoms. The van der Waals surface area contributed by atoms with Gasteiger partial charge in [0.25, 0.3) is 0 Å². The van der Waals surface area contributed by atoms with Gasteiger partial charge in [-0.3, -0.25) is 4.98 Å². The Balaban J connectivity index is 2.07. The van der Waals surface area contributed by atoms with Crippen molar-refractivity contribution in [2.24, 2.45) is 5.73 Å². The van der Waals surface area contributed by atoms with Crippen LogP contribution in [0.3, 0.4) is 0 Å². The van der Waals surface area contributed by atoms with Gasteiger partial charge in [0.05, 0.1) is 0 Å². The third-order valence-electron chi connectivity index (χ3n) is 2.28. The highest BCUT2D eigenvalue weighted by Gasteiger charge is 2.08. The maximum Gasteiger partial charge on any atom is 0.226 e. The van der Waals surface area contributed by atoms with Crippen molar-refractivity contribution in [3.05, 3.63) is 28.8 Å². The Labute approximate surface area is 108 Å². The average Bonchev–Trinajstić information content (AvgIpc) is 2.78. The molecule has 0 aliphatic heterocycles. The minimum atomic E-state index is 0.571. The van der Waals surface area contributed by atoms with Crippen LogP contribution in [0.4, 0.5) is 0 Å². The lowest BCUT2D eigenvalue weighted by Gasteiger charge is -1.93. The van der Waals surface area contributed by atoms with Crippen LogP contribution in [0.25, 0.3) is 11.4 Å². The van der Waals surface area contributed by atoms with Gasteiger partial charge in [-0.15, -0.1) is 0 Å². The fraction of sp³-hybridized carbons (Fsp3) is 0.364. The SMILES string of the molecule is NCCCCc1nc(-c2cncc(Br)c2)no1. The summed E-state index contributed by atoms with van der Waals surface area (Å²) in [6.45, 7) is 0.691. The minimum Gasteiger partial charge on any atom is -0.339 e. The van der Waals surface area contributed by atoms with Crippen molar-refractivity contribution in [1.82, 2.24) is 15.1 Å². The molecular formula is C11H13BrN4O. The molecule has 2 aromatic rings. The van der Waals surface area contributed by atoms with Gasteiger partial charge in [-0.1, -0.05) is 5.16 Å². The van der Waals surface area contributed by atoms with E-state index in [2.05, 4.69) is 31.1 Å². The fourth-order valence-electron chi connectivity index (χ4n) is 1.43. The second-order valence-electron chi connectivity index (χ2n) is 3.65. The molecule has 0 fully saturated rings. The number of aryl methyl sites for hydroxylation is 1. The quantitative estimate of drug-likeness (QED) is 0.856. The summed E-state index contributed by atoms with van der Waals surface area (Å²) in [5.41, 5.74) is 6.27. The highest BCUT2D eigenvalue weighted by Crippen LogP contribution is 2.19. The monoisotopic (exact) mass is 296 g/mol. The number of pyridine rings is 1. The van der Waals surface area contributed by atoms with Crippen molar-refractivity contribution in [2.75, 3.05) is 6.54 Å². The Morgan fingerprint density at radius 1 is 1.29 bits per heavy atom. The third-order valence-corrected chi connectivity index (χ3v) is 2.71. The normalized spacial score (nSPS) is 10.7. The minimum absolute atomic E-state index is 0.571. The van der Waals surface area contributed by atoms with E-state index in [1.54, 1.807) is 12.4 Å². The first-order valence-electron chi connectivity index (χ1n) is 5.43. The maximum atomic E-state index is 5.43. The second-order valence-corrected chi connectivity index (χ2v) is 4.57. The number of rotatable bonds is 5. The van der Waals surface area contributed by atoms with Crippen molar-refractivity contribution in [1.29, 1.82) is 0 Å². The molecule has 2 rings (SSSR count). The van der Waals surface area contributed by atoms with Gasteiger partial charge in [-0.05, 0) is 41.4 Å². The molecule has 0 saturated heterocycles. The number of nitrogens with two attached hydrogens (primary N) is 1. The Hall–Kier alpha value is -1.27. The Morgan fingerprint density at radius 3 is 2.94 bits per heavy atom. The van der Waals surface area contributed by atoms with Crippen LogP contribution < -0.4 is 5.73 Å². The van der Waals surface area contributed by atoms with Crippen LogP contribution in [0, 0.1) is 0 Å². The first-order chi connectivity index (χ1) is 8.29. The van der Waals surface area contributed by atoms with Gasteiger partial charge in [0.15, 0.2) is 0 Å². The molecule has 5 nitrogen and oxygen atoms in total. The molecule has 0 spiro atoms. The summed E-state index contributed by atoms with van der Waals surface area (Å²) in [6, 6.07) is 1.90. The predicted octanol–water partition coefficient (Wildman–Crippen LogP) is 2.18. The molecule has 0 aliphatic carbocycles. The van der Waals surface area contributed by atoms with Crippen LogP contribution in [0.5, 0.6) is 0 Å². The van der Waals surface area contributed by atoms with Crippen LogP contribution in [0.1, 0.15) is 18.7 Å². The van der Waals surface area contributed by atoms with Crippen molar-refractivity contribution >= 4 is 15.9 Å². The van der Waals surface area contributed by atoms with E-state index >= 15 is 0 Å². The second kappa shape index (κ2) is 5.88. The Morgan fingerprint density at radius 2 is 2.18 bits per heavy atom. The van der Waals surface area contributed by atoms with E-state index in [-0.39, 0.29) is 0 Å². The first kappa shape index (κ1) is 12.2. The molecule has 0 atom stereocenters. The van der Waals surface area contributed by atoms with E-state index in [9.17, 15) is 0 Å². The molecule has 2 N–H and O–H groups in total. The fourth-order valence-corrected chi connectivity index (χ4v) is 1.79. The van der Waals surface area contributed by atoms with Gasteiger partial charge >= 0.3 is 0 Å². The van der Waals surface area contributed by atoms with E-state index in [1.807, 2.05) is 6.07 Å². The topological polar surface area (TPSA) is 77.8 Å². The van der Waals surface area contributed by atoms with Gasteiger partial charge in [-0.2, -0.15) is 4.98 Å². The summed E-state index contributed by atoms with van der Waals surface area (Å²) in [4.78, 5) is 8.37. The predicted molar refractivity (Wildman–Crippen MR) is 67.2 cm³/mol. The smallest absolute Gasteiger partial charge is 0.226 e. The van der Waals surface area contributed by atoms with Gasteiger partial charge in [0.1, 0.15) is 0 Å². The molecule has 2 aromatic heterocycles. The molecule has 0 amide bonds. The highest BCUT2D eigenvalue weighted by molar-refractivity contribution is 9.10. The number of unbranched alkanes of at least 4 members (excludes halogenated alkanes) is 1. The van der Waals surface area contributed by atoms with E-state index < -0.39 is 0 Å². The molecule has 17 heavy (non-hydrogen) atoms. The van der Waals surface area contributed by atoms with Crippen molar-refractivity contribution in [3.63, 3.8) is 0 Å². The zero-order valence-electron chi connectivity index (χ0n) is 9.27. The highest BCUT2D eigenvalue weighted by atomic mass is 79.9. The molecule has 6 heteroatoms. The van der Waals surface area contributed by atoms with E-state index in [1.165, 1.54) is 0 Å². The molecule has 2 heterocycles. The molecule has 0 unspecified atom stereocenters. The maximum absolute atomic E-state index is 5.43. The lowest BCUT2D eigenvalue weighted by Crippen LogP contribution is -1.99. The summed E-state index contributed by atoms with van der Waals surface area (Å²) in [7, 11) is 0. The molecule has 0 saturated carbocycles. The molecule has 90 valence electrons. The molecule has 0 aliphatic rings. The van der Waals surface area contributed by atoms with Gasteiger partial charge in [0.2, 0.25) is 11.7 Å². The van der Waals surface area contributed by atoms with Crippen molar-refractivity contribution in [3.8, 4) is 11.4 Å². The van der Waals surface area contributed by atoms with E-state index in [0.29, 0.717) is 18.3 Å². The van der Waals surface area contributed by atoms with Crippen LogP contribution in [0.15, 0.2) is 27.5 Å². The summed E-state index contributed by atoms with van der Waals surface area (Å²) in [5.74, 6) is 1.22. The van der Waals surface area contributed by atoms with Gasteiger partial charge in [-0.25, -0.2) is 0 Å². The summed E-state index contributed by atoms with van der Waals surface area (Å²) in [6.07, 6.45) is 6.13. The molecular weight excluding hydrogens is 284 g/mol. The Bertz CT molecular complexity index is 486. The van der Waals surface area contributed by atoms with Crippen molar-refractivity contribution in [2.45, 2.75) is 19.3 Å². The number of hydrogen-bond acceptors (Lipinski definition) is 5. The number of nitrogens with zero attached hydrogens (tertiary/aromatic N) is 3. The van der Waals surface area contributed by atoms with Crippen LogP contribution in [0.2, 0.25) is 0 Å². The van der Waals surface area contributed by atoms with Gasteiger partial charge < -0.3 is 10.3 Å². The third kappa shape index (κ3) is 3.34. The zero-order valence-corrected chi connectivity index (χ0v) is 10.9. The number of halogens is 1. The number of aromatic nitrogens is 3. The summed E-state index contributed by atoms with van der Waals surface area (Å²) < 4.78 is 6.05. The Kier molecular flexibility index (Phi) is 4.22. The van der Waals surface area contributed by atoms with Gasteiger partial charge in [0, 0.05) is 28.9 Å². The molecule has 0 radical (unpaired) electrons. The number of hydrogen-bond donors (Lipinski definition) is 1. The zero-order chi connectivity index (χ0) is 12.1. The first-order valence-corrected chi connectivity index (χ1v) is 6.22. The largest absolute Gasteiger partial charge is 0.339 e. The van der Waals surface area contributed by atoms with Crippen LogP contribution >= 0.6 is 15.9 Å².